The maximum absolute atomic E-state index is 12.5. The summed E-state index contributed by atoms with van der Waals surface area (Å²) in [6.45, 7) is 2.14. The molecule has 1 aliphatic carbocycles. The van der Waals surface area contributed by atoms with E-state index in [-0.39, 0.29) is 24.4 Å². The summed E-state index contributed by atoms with van der Waals surface area (Å²) in [6.07, 6.45) is -2.46. The summed E-state index contributed by atoms with van der Waals surface area (Å²) in [6, 6.07) is 6.16. The van der Waals surface area contributed by atoms with Crippen LogP contribution in [0.4, 0.5) is 18.0 Å². The number of alkyl halides is 3. The van der Waals surface area contributed by atoms with Crippen LogP contribution in [0, 0.1) is 5.92 Å². The third-order valence-corrected chi connectivity index (χ3v) is 4.33. The van der Waals surface area contributed by atoms with Gasteiger partial charge in [-0.25, -0.2) is 4.79 Å². The molecule has 0 radical (unpaired) electrons. The zero-order chi connectivity index (χ0) is 19.6. The van der Waals surface area contributed by atoms with Gasteiger partial charge in [-0.05, 0) is 31.2 Å². The highest BCUT2D eigenvalue weighted by atomic mass is 19.4. The zero-order valence-corrected chi connectivity index (χ0v) is 14.8. The van der Waals surface area contributed by atoms with Crippen LogP contribution >= 0.6 is 0 Å². The van der Waals surface area contributed by atoms with Crippen LogP contribution in [0.3, 0.4) is 0 Å². The Bertz CT molecular complexity index is 787. The first-order chi connectivity index (χ1) is 12.8. The molecule has 1 aromatic carbocycles. The second-order valence-corrected chi connectivity index (χ2v) is 6.41. The van der Waals surface area contributed by atoms with Gasteiger partial charge >= 0.3 is 18.1 Å². The molecule has 0 aliphatic heterocycles. The number of hydrogen-bond donors (Lipinski definition) is 1. The molecule has 146 valence electrons. The van der Waals surface area contributed by atoms with Gasteiger partial charge in [0.05, 0.1) is 13.7 Å². The van der Waals surface area contributed by atoms with Crippen molar-refractivity contribution in [2.24, 2.45) is 5.92 Å². The molecule has 3 rings (SSSR count). The number of benzene rings is 1. The van der Waals surface area contributed by atoms with E-state index in [0.29, 0.717) is 11.5 Å². The largest absolute Gasteiger partial charge is 0.471 e. The second-order valence-electron chi connectivity index (χ2n) is 6.41. The number of halogens is 3. The van der Waals surface area contributed by atoms with Crippen LogP contribution < -0.4 is 5.32 Å². The van der Waals surface area contributed by atoms with Gasteiger partial charge in [0.2, 0.25) is 5.82 Å². The fourth-order valence-corrected chi connectivity index (χ4v) is 2.58. The molecule has 1 fully saturated rings. The molecule has 1 aromatic heterocycles. The second kappa shape index (κ2) is 7.55. The number of aromatic nitrogens is 2. The van der Waals surface area contributed by atoms with E-state index in [4.69, 9.17) is 4.84 Å². The van der Waals surface area contributed by atoms with E-state index in [2.05, 4.69) is 20.0 Å². The van der Waals surface area contributed by atoms with Crippen molar-refractivity contribution in [3.05, 3.63) is 35.7 Å². The summed E-state index contributed by atoms with van der Waals surface area (Å²) in [4.78, 5) is 20.7. The highest BCUT2D eigenvalue weighted by molar-refractivity contribution is 5.73. The minimum atomic E-state index is -4.69. The zero-order valence-electron chi connectivity index (χ0n) is 14.8. The van der Waals surface area contributed by atoms with E-state index in [1.165, 1.54) is 12.2 Å². The van der Waals surface area contributed by atoms with Gasteiger partial charge in [0, 0.05) is 11.6 Å². The molecular weight excluding hydrogens is 365 g/mol. The van der Waals surface area contributed by atoms with Crippen molar-refractivity contribution >= 4 is 6.03 Å². The molecule has 0 bridgehead atoms. The van der Waals surface area contributed by atoms with Gasteiger partial charge in [0.15, 0.2) is 0 Å². The average Bonchev–Trinajstić information content (AvgIpc) is 3.35. The molecule has 1 unspecified atom stereocenters. The van der Waals surface area contributed by atoms with Gasteiger partial charge in [-0.1, -0.05) is 29.4 Å². The number of hydroxylamine groups is 2. The monoisotopic (exact) mass is 384 g/mol. The molecular formula is C17H19F3N4O3. The number of hydrogen-bond acceptors (Lipinski definition) is 5. The number of amides is 2. The van der Waals surface area contributed by atoms with Crippen LogP contribution in [-0.4, -0.2) is 34.4 Å². The van der Waals surface area contributed by atoms with E-state index >= 15 is 0 Å². The summed E-state index contributed by atoms with van der Waals surface area (Å²) < 4.78 is 41.8. The van der Waals surface area contributed by atoms with Crippen LogP contribution in [-0.2, 0) is 17.6 Å². The first-order valence-corrected chi connectivity index (χ1v) is 8.40. The Morgan fingerprint density at radius 2 is 2.04 bits per heavy atom. The molecule has 1 heterocycles. The lowest BCUT2D eigenvalue weighted by molar-refractivity contribution is -0.159. The summed E-state index contributed by atoms with van der Waals surface area (Å²) in [5.74, 6) is -1.04. The van der Waals surface area contributed by atoms with Crippen LogP contribution in [0.5, 0.6) is 0 Å². The molecule has 2 aromatic rings. The Morgan fingerprint density at radius 1 is 1.37 bits per heavy atom. The fourth-order valence-electron chi connectivity index (χ4n) is 2.58. The standard InChI is InChI=1S/C17H19F3N4O3/c1-10(12-7-8-12)21-16(25)24(26-2)9-11-3-5-13(6-4-11)14-22-15(27-23-14)17(18,19)20/h3-6,10,12H,7-9H2,1-2H3,(H,21,25). The van der Waals surface area contributed by atoms with Crippen molar-refractivity contribution in [2.45, 2.75) is 38.5 Å². The quantitative estimate of drug-likeness (QED) is 0.770. The molecule has 7 nitrogen and oxygen atoms in total. The molecule has 0 saturated heterocycles. The smallest absolute Gasteiger partial charge is 0.333 e. The van der Waals surface area contributed by atoms with E-state index in [0.717, 1.165) is 18.4 Å². The van der Waals surface area contributed by atoms with Gasteiger partial charge < -0.3 is 9.84 Å². The van der Waals surface area contributed by atoms with E-state index in [9.17, 15) is 18.0 Å². The number of nitrogens with zero attached hydrogens (tertiary/aromatic N) is 3. The molecule has 10 heteroatoms. The molecule has 1 aliphatic rings. The van der Waals surface area contributed by atoms with Crippen molar-refractivity contribution in [3.63, 3.8) is 0 Å². The Hall–Kier alpha value is -2.62. The van der Waals surface area contributed by atoms with E-state index in [1.807, 2.05) is 6.92 Å². The maximum atomic E-state index is 12.5. The van der Waals surface area contributed by atoms with Crippen LogP contribution in [0.2, 0.25) is 0 Å². The Kier molecular flexibility index (Phi) is 5.36. The van der Waals surface area contributed by atoms with Crippen molar-refractivity contribution in [1.82, 2.24) is 20.5 Å². The topological polar surface area (TPSA) is 80.5 Å². The van der Waals surface area contributed by atoms with Crippen LogP contribution in [0.25, 0.3) is 11.4 Å². The lowest BCUT2D eigenvalue weighted by Crippen LogP contribution is -2.43. The summed E-state index contributed by atoms with van der Waals surface area (Å²) in [7, 11) is 1.40. The normalized spacial score (nSPS) is 15.4. The predicted octanol–water partition coefficient (Wildman–Crippen LogP) is 3.63. The summed E-state index contributed by atoms with van der Waals surface area (Å²) >= 11 is 0. The van der Waals surface area contributed by atoms with Gasteiger partial charge in [0.25, 0.3) is 0 Å². The number of carbonyl (C=O) groups excluding carboxylic acids is 1. The van der Waals surface area contributed by atoms with Crippen molar-refractivity contribution in [2.75, 3.05) is 7.11 Å². The Balaban J connectivity index is 1.63. The average molecular weight is 384 g/mol. The van der Waals surface area contributed by atoms with Gasteiger partial charge in [0.1, 0.15) is 0 Å². The lowest BCUT2D eigenvalue weighted by Gasteiger charge is -2.23. The third-order valence-electron chi connectivity index (χ3n) is 4.33. The van der Waals surface area contributed by atoms with Crippen molar-refractivity contribution in [1.29, 1.82) is 0 Å². The Labute approximate surface area is 153 Å². The van der Waals surface area contributed by atoms with Crippen LogP contribution in [0.15, 0.2) is 28.8 Å². The van der Waals surface area contributed by atoms with Crippen LogP contribution in [0.1, 0.15) is 31.2 Å². The minimum absolute atomic E-state index is 0.0820. The number of rotatable bonds is 6. The SMILES string of the molecule is CON(Cc1ccc(-c2noc(C(F)(F)F)n2)cc1)C(=O)NC(C)C1CC1. The lowest BCUT2D eigenvalue weighted by atomic mass is 10.1. The highest BCUT2D eigenvalue weighted by Gasteiger charge is 2.38. The molecule has 1 atom stereocenters. The summed E-state index contributed by atoms with van der Waals surface area (Å²) in [5.41, 5.74) is 1.10. The van der Waals surface area contributed by atoms with Gasteiger partial charge in [-0.3, -0.25) is 4.84 Å². The minimum Gasteiger partial charge on any atom is -0.333 e. The van der Waals surface area contributed by atoms with Crippen molar-refractivity contribution in [3.8, 4) is 11.4 Å². The number of nitrogens with one attached hydrogen (secondary N) is 1. The van der Waals surface area contributed by atoms with E-state index in [1.54, 1.807) is 24.3 Å². The fraction of sp³-hybridized carbons (Fsp3) is 0.471. The summed E-state index contributed by atoms with van der Waals surface area (Å²) in [5, 5.41) is 7.41. The number of urea groups is 1. The number of carbonyl (C=O) groups is 1. The molecule has 1 saturated carbocycles. The molecule has 27 heavy (non-hydrogen) atoms. The first-order valence-electron chi connectivity index (χ1n) is 8.40. The van der Waals surface area contributed by atoms with Gasteiger partial charge in [-0.15, -0.1) is 0 Å². The third kappa shape index (κ3) is 4.76. The maximum Gasteiger partial charge on any atom is 0.471 e. The molecule has 1 N–H and O–H groups in total. The predicted molar refractivity (Wildman–Crippen MR) is 88.0 cm³/mol. The van der Waals surface area contributed by atoms with E-state index < -0.39 is 12.1 Å². The molecule has 2 amide bonds. The first kappa shape index (κ1) is 19.2. The van der Waals surface area contributed by atoms with Gasteiger partial charge in [-0.2, -0.15) is 23.2 Å². The molecule has 0 spiro atoms. The Morgan fingerprint density at radius 3 is 2.56 bits per heavy atom. The highest BCUT2D eigenvalue weighted by Crippen LogP contribution is 2.32. The van der Waals surface area contributed by atoms with Crippen molar-refractivity contribution < 1.29 is 27.3 Å².